The van der Waals surface area contributed by atoms with Crippen LogP contribution < -0.4 is 0 Å². The number of rotatable bonds is 3. The molecule has 1 unspecified atom stereocenters. The largest absolute Gasteiger partial charge is 0.388 e. The predicted octanol–water partition coefficient (Wildman–Crippen LogP) is 3.65. The third kappa shape index (κ3) is 3.65. The van der Waals surface area contributed by atoms with Crippen LogP contribution in [0.3, 0.4) is 0 Å². The highest BCUT2D eigenvalue weighted by atomic mass is 16.3. The minimum Gasteiger partial charge on any atom is -0.388 e. The van der Waals surface area contributed by atoms with E-state index in [1.165, 1.54) is 11.1 Å². The Labute approximate surface area is 128 Å². The predicted molar refractivity (Wildman–Crippen MR) is 84.6 cm³/mol. The Balaban J connectivity index is 2.14. The first-order chi connectivity index (χ1) is 9.68. The van der Waals surface area contributed by atoms with Gasteiger partial charge in [0.2, 0.25) is 5.91 Å². The summed E-state index contributed by atoms with van der Waals surface area (Å²) in [7, 11) is 0. The molecule has 1 N–H and O–H groups in total. The molecule has 0 aliphatic carbocycles. The topological polar surface area (TPSA) is 40.5 Å². The summed E-state index contributed by atoms with van der Waals surface area (Å²) in [4.78, 5) is 14.3. The molecule has 0 fully saturated rings. The van der Waals surface area contributed by atoms with Gasteiger partial charge in [0, 0.05) is 18.5 Å². The third-order valence-corrected chi connectivity index (χ3v) is 3.96. The Morgan fingerprint density at radius 1 is 1.24 bits per heavy atom. The van der Waals surface area contributed by atoms with Crippen LogP contribution in [-0.2, 0) is 17.9 Å². The molecule has 116 valence electrons. The maximum Gasteiger partial charge on any atom is 0.228 e. The highest BCUT2D eigenvalue weighted by Gasteiger charge is 2.31. The first-order valence-corrected chi connectivity index (χ1v) is 7.77. The molecular weight excluding hydrogens is 262 g/mol. The van der Waals surface area contributed by atoms with Crippen LogP contribution in [0.15, 0.2) is 18.2 Å². The van der Waals surface area contributed by atoms with E-state index < -0.39 is 6.10 Å². The van der Waals surface area contributed by atoms with E-state index in [1.807, 2.05) is 31.7 Å². The fourth-order valence-electron chi connectivity index (χ4n) is 2.82. The number of carbonyl (C=O) groups excluding carboxylic acids is 1. The first-order valence-electron chi connectivity index (χ1n) is 7.77. The van der Waals surface area contributed by atoms with Crippen molar-refractivity contribution >= 4 is 5.91 Å². The lowest BCUT2D eigenvalue weighted by Gasteiger charge is -2.25. The third-order valence-electron chi connectivity index (χ3n) is 3.96. The van der Waals surface area contributed by atoms with Crippen LogP contribution >= 0.6 is 0 Å². The summed E-state index contributed by atoms with van der Waals surface area (Å²) in [6, 6.07) is 6.12. The van der Waals surface area contributed by atoms with Gasteiger partial charge in [-0.25, -0.2) is 0 Å². The Kier molecular flexibility index (Phi) is 4.43. The second-order valence-electron chi connectivity index (χ2n) is 7.58. The molecule has 3 heteroatoms. The molecule has 1 aliphatic rings. The van der Waals surface area contributed by atoms with E-state index >= 15 is 0 Å². The second kappa shape index (κ2) is 5.80. The van der Waals surface area contributed by atoms with Gasteiger partial charge in [-0.15, -0.1) is 0 Å². The molecule has 1 atom stereocenters. The summed E-state index contributed by atoms with van der Waals surface area (Å²) in [5, 5.41) is 10.2. The minimum atomic E-state index is -0.414. The Bertz CT molecular complexity index is 529. The zero-order chi connectivity index (χ0) is 15.8. The Morgan fingerprint density at radius 2 is 1.86 bits per heavy atom. The van der Waals surface area contributed by atoms with Crippen molar-refractivity contribution in [2.75, 3.05) is 0 Å². The number of aliphatic hydroxyl groups is 1. The highest BCUT2D eigenvalue weighted by molar-refractivity contribution is 5.82. The van der Waals surface area contributed by atoms with Crippen molar-refractivity contribution < 1.29 is 9.90 Å². The maximum atomic E-state index is 12.4. The van der Waals surface area contributed by atoms with Crippen LogP contribution in [0.5, 0.6) is 0 Å². The molecule has 0 spiro atoms. The normalized spacial score (nSPS) is 16.2. The van der Waals surface area contributed by atoms with Gasteiger partial charge < -0.3 is 10.0 Å². The fraction of sp³-hybridized carbons (Fsp3) is 0.611. The molecule has 1 amide bonds. The molecule has 1 aromatic rings. The van der Waals surface area contributed by atoms with E-state index in [4.69, 9.17) is 0 Å². The van der Waals surface area contributed by atoms with Crippen LogP contribution in [0.1, 0.15) is 63.8 Å². The van der Waals surface area contributed by atoms with Crippen LogP contribution in [0.25, 0.3) is 0 Å². The molecule has 0 radical (unpaired) electrons. The van der Waals surface area contributed by atoms with Gasteiger partial charge in [0.05, 0.1) is 6.10 Å². The number of nitrogens with zero attached hydrogens (tertiary/aromatic N) is 1. The van der Waals surface area contributed by atoms with Gasteiger partial charge in [0.1, 0.15) is 0 Å². The van der Waals surface area contributed by atoms with Gasteiger partial charge in [-0.1, -0.05) is 52.8 Å². The number of carbonyl (C=O) groups is 1. The first kappa shape index (κ1) is 16.0. The van der Waals surface area contributed by atoms with Crippen LogP contribution in [0.4, 0.5) is 0 Å². The average molecular weight is 289 g/mol. The van der Waals surface area contributed by atoms with Crippen molar-refractivity contribution in [2.45, 2.75) is 60.2 Å². The summed E-state index contributed by atoms with van der Waals surface area (Å²) in [5.74, 6) is 0.648. The number of amides is 1. The lowest BCUT2D eigenvalue weighted by atomic mass is 9.95. The molecule has 21 heavy (non-hydrogen) atoms. The van der Waals surface area contributed by atoms with Crippen LogP contribution in [-0.4, -0.2) is 15.9 Å². The summed E-state index contributed by atoms with van der Waals surface area (Å²) in [6.45, 7) is 11.4. The minimum absolute atomic E-state index is 0.183. The zero-order valence-corrected chi connectivity index (χ0v) is 13.8. The number of benzene rings is 1. The lowest BCUT2D eigenvalue weighted by molar-refractivity contribution is -0.140. The van der Waals surface area contributed by atoms with Gasteiger partial charge in [0.25, 0.3) is 0 Å². The van der Waals surface area contributed by atoms with Crippen molar-refractivity contribution in [1.29, 1.82) is 0 Å². The highest BCUT2D eigenvalue weighted by Crippen LogP contribution is 2.30. The van der Waals surface area contributed by atoms with Crippen LogP contribution in [0, 0.1) is 11.3 Å². The van der Waals surface area contributed by atoms with E-state index in [-0.39, 0.29) is 11.3 Å². The number of hydrogen-bond acceptors (Lipinski definition) is 2. The van der Waals surface area contributed by atoms with Gasteiger partial charge in [-0.3, -0.25) is 4.79 Å². The zero-order valence-electron chi connectivity index (χ0n) is 13.8. The molecule has 0 bridgehead atoms. The standard InChI is InChI=1S/C18H27NO2/c1-12(2)8-16(20)13-6-7-14-10-19(11-15(14)9-13)17(21)18(3,4)5/h6-7,9,12,16,20H,8,10-11H2,1-5H3. The monoisotopic (exact) mass is 289 g/mol. The van der Waals surface area contributed by atoms with Gasteiger partial charge in [-0.2, -0.15) is 0 Å². The van der Waals surface area contributed by atoms with Crippen molar-refractivity contribution in [3.63, 3.8) is 0 Å². The van der Waals surface area contributed by atoms with E-state index in [0.29, 0.717) is 19.0 Å². The van der Waals surface area contributed by atoms with E-state index in [0.717, 1.165) is 12.0 Å². The van der Waals surface area contributed by atoms with Gasteiger partial charge in [0.15, 0.2) is 0 Å². The summed E-state index contributed by atoms with van der Waals surface area (Å²) in [5.41, 5.74) is 3.00. The molecular formula is C18H27NO2. The van der Waals surface area contributed by atoms with Crippen LogP contribution in [0.2, 0.25) is 0 Å². The smallest absolute Gasteiger partial charge is 0.228 e. The molecule has 2 rings (SSSR count). The molecule has 1 aromatic carbocycles. The number of hydrogen-bond donors (Lipinski definition) is 1. The second-order valence-corrected chi connectivity index (χ2v) is 7.58. The summed E-state index contributed by atoms with van der Waals surface area (Å²) >= 11 is 0. The van der Waals surface area contributed by atoms with Crippen molar-refractivity contribution in [3.8, 4) is 0 Å². The quantitative estimate of drug-likeness (QED) is 0.922. The number of aliphatic hydroxyl groups excluding tert-OH is 1. The maximum absolute atomic E-state index is 12.4. The molecule has 0 saturated carbocycles. The average Bonchev–Trinajstić information content (AvgIpc) is 2.78. The van der Waals surface area contributed by atoms with Gasteiger partial charge in [-0.05, 0) is 29.0 Å². The molecule has 0 saturated heterocycles. The molecule has 1 aliphatic heterocycles. The Morgan fingerprint density at radius 3 is 2.43 bits per heavy atom. The van der Waals surface area contributed by atoms with Crippen molar-refractivity contribution in [1.82, 2.24) is 4.90 Å². The summed E-state index contributed by atoms with van der Waals surface area (Å²) < 4.78 is 0. The van der Waals surface area contributed by atoms with Crippen molar-refractivity contribution in [2.24, 2.45) is 11.3 Å². The lowest BCUT2D eigenvalue weighted by Crippen LogP contribution is -2.35. The summed E-state index contributed by atoms with van der Waals surface area (Å²) in [6.07, 6.45) is 0.353. The van der Waals surface area contributed by atoms with E-state index in [9.17, 15) is 9.90 Å². The SMILES string of the molecule is CC(C)CC(O)c1ccc2c(c1)CN(C(=O)C(C)(C)C)C2. The molecule has 1 heterocycles. The van der Waals surface area contributed by atoms with E-state index in [2.05, 4.69) is 26.0 Å². The molecule has 3 nitrogen and oxygen atoms in total. The van der Waals surface area contributed by atoms with E-state index in [1.54, 1.807) is 0 Å². The fourth-order valence-corrected chi connectivity index (χ4v) is 2.82. The Hall–Kier alpha value is -1.35. The number of fused-ring (bicyclic) bond motifs is 1. The van der Waals surface area contributed by atoms with Crippen molar-refractivity contribution in [3.05, 3.63) is 34.9 Å². The molecule has 0 aromatic heterocycles. The van der Waals surface area contributed by atoms with Gasteiger partial charge >= 0.3 is 0 Å².